The number of Topliss-reactive ketones (excluding diaryl/α,β-unsaturated/α-hetero) is 1. The molecule has 3 aliphatic heterocycles. The van der Waals surface area contributed by atoms with E-state index in [9.17, 15) is 35.1 Å². The minimum absolute atomic E-state index is 0. The lowest BCUT2D eigenvalue weighted by Crippen LogP contribution is -2.61. The highest BCUT2D eigenvalue weighted by Gasteiger charge is 2.53. The number of cyclic esters (lactones) is 1. The summed E-state index contributed by atoms with van der Waals surface area (Å²) in [4.78, 5) is 29.8. The van der Waals surface area contributed by atoms with Crippen LogP contribution in [0.5, 0.6) is 0 Å². The average molecular weight is 752 g/mol. The molecule has 0 spiro atoms. The van der Waals surface area contributed by atoms with Gasteiger partial charge in [-0.2, -0.15) is 0 Å². The first kappa shape index (κ1) is 46.8. The van der Waals surface area contributed by atoms with Gasteiger partial charge in [-0.1, -0.05) is 27.7 Å². The van der Waals surface area contributed by atoms with Gasteiger partial charge in [-0.25, -0.2) is 0 Å². The van der Waals surface area contributed by atoms with Gasteiger partial charge in [-0.05, 0) is 74.9 Å². The van der Waals surface area contributed by atoms with Gasteiger partial charge in [0, 0.05) is 37.3 Å². The molecule has 3 aliphatic rings. The summed E-state index contributed by atoms with van der Waals surface area (Å²) in [6, 6.07) is -0.324. The topological polar surface area (TPSA) is 225 Å². The van der Waals surface area contributed by atoms with Crippen molar-refractivity contribution in [1.82, 2.24) is 4.90 Å². The average Bonchev–Trinajstić information content (AvgIpc) is 3.05. The van der Waals surface area contributed by atoms with E-state index in [-0.39, 0.29) is 36.9 Å². The molecule has 52 heavy (non-hydrogen) atoms. The van der Waals surface area contributed by atoms with E-state index in [0.717, 1.165) is 0 Å². The summed E-state index contributed by atoms with van der Waals surface area (Å²) in [5, 5.41) is 57.6. The zero-order chi connectivity index (χ0) is 39.0. The Bertz CT molecular complexity index is 1170. The Morgan fingerprint density at radius 1 is 0.885 bits per heavy atom. The van der Waals surface area contributed by atoms with Crippen molar-refractivity contribution in [3.63, 3.8) is 0 Å². The van der Waals surface area contributed by atoms with Crippen LogP contribution in [0.1, 0.15) is 94.9 Å². The second-order valence-corrected chi connectivity index (χ2v) is 16.5. The quantitative estimate of drug-likeness (QED) is 0.229. The molecule has 3 saturated heterocycles. The number of ether oxygens (including phenoxy) is 6. The lowest BCUT2D eigenvalue weighted by Gasteiger charge is -2.49. The van der Waals surface area contributed by atoms with Gasteiger partial charge in [-0.3, -0.25) is 9.59 Å². The number of hydrogen-bond acceptors (Lipinski definition) is 14. The number of nitrogens with zero attached hydrogens (tertiary/aromatic N) is 1. The first-order valence-corrected chi connectivity index (χ1v) is 18.5. The van der Waals surface area contributed by atoms with Crippen molar-refractivity contribution >= 4 is 11.8 Å². The Morgan fingerprint density at radius 2 is 1.48 bits per heavy atom. The largest absolute Gasteiger partial charge is 0.459 e. The van der Waals surface area contributed by atoms with Gasteiger partial charge in [0.15, 0.2) is 12.6 Å². The summed E-state index contributed by atoms with van der Waals surface area (Å²) < 4.78 is 37.1. The molecule has 18 unspecified atom stereocenters. The Hall–Kier alpha value is -1.34. The lowest BCUT2D eigenvalue weighted by atomic mass is 9.74. The molecule has 0 aromatic heterocycles. The van der Waals surface area contributed by atoms with Gasteiger partial charge in [0.2, 0.25) is 0 Å². The summed E-state index contributed by atoms with van der Waals surface area (Å²) in [5.41, 5.74) is -4.84. The smallest absolute Gasteiger partial charge is 0.311 e. The molecule has 18 atom stereocenters. The number of ketones is 1. The van der Waals surface area contributed by atoms with Gasteiger partial charge >= 0.3 is 5.97 Å². The van der Waals surface area contributed by atoms with Crippen LogP contribution in [-0.2, 0) is 38.0 Å². The van der Waals surface area contributed by atoms with Crippen LogP contribution in [0, 0.1) is 23.7 Å². The van der Waals surface area contributed by atoms with Crippen LogP contribution >= 0.6 is 0 Å². The second-order valence-electron chi connectivity index (χ2n) is 16.5. The van der Waals surface area contributed by atoms with E-state index in [2.05, 4.69) is 0 Å². The molecule has 0 aromatic rings. The Balaban J connectivity index is 0.00000936. The maximum atomic E-state index is 14.1. The van der Waals surface area contributed by atoms with Crippen molar-refractivity contribution in [2.75, 3.05) is 21.2 Å². The standard InChI is InChI=1S/C37H67NO13.H2O/c1-14-25-37(10,45)30(41)20(4)27(39)18(2)16-35(8,44)32(51-34-28(40)24(38(11)12)15-19(3)47-34)21(5)29(22(6)33(43)49-25)50-26-17-36(9,46-13)31(42)23(7)48-26;/h18-26,28-32,34,40-42,44-45H,14-17H2,1-13H3;1H2. The minimum Gasteiger partial charge on any atom is -0.459 e. The number of carbonyl (C=O) groups is 2. The van der Waals surface area contributed by atoms with Crippen LogP contribution in [0.25, 0.3) is 0 Å². The summed E-state index contributed by atoms with van der Waals surface area (Å²) in [7, 11) is 5.18. The van der Waals surface area contributed by atoms with E-state index in [0.29, 0.717) is 6.42 Å². The predicted molar refractivity (Wildman–Crippen MR) is 190 cm³/mol. The predicted octanol–water partition coefficient (Wildman–Crippen LogP) is 0.961. The molecular weight excluding hydrogens is 682 g/mol. The minimum atomic E-state index is -1.99. The molecule has 0 amide bonds. The Morgan fingerprint density at radius 3 is 2.02 bits per heavy atom. The van der Waals surface area contributed by atoms with Crippen molar-refractivity contribution in [2.24, 2.45) is 23.7 Å². The van der Waals surface area contributed by atoms with Gasteiger partial charge in [0.25, 0.3) is 0 Å². The van der Waals surface area contributed by atoms with Crippen molar-refractivity contribution in [3.8, 4) is 0 Å². The maximum Gasteiger partial charge on any atom is 0.311 e. The van der Waals surface area contributed by atoms with Gasteiger partial charge in [0.1, 0.15) is 29.7 Å². The number of rotatable bonds is 7. The molecule has 0 aliphatic carbocycles. The van der Waals surface area contributed by atoms with E-state index in [1.54, 1.807) is 41.5 Å². The molecule has 3 fully saturated rings. The number of carbonyl (C=O) groups excluding carboxylic acids is 2. The van der Waals surface area contributed by atoms with E-state index in [1.807, 2.05) is 25.9 Å². The van der Waals surface area contributed by atoms with Crippen LogP contribution in [0.3, 0.4) is 0 Å². The highest BCUT2D eigenvalue weighted by molar-refractivity contribution is 5.83. The number of likely N-dealkylation sites (N-methyl/N-ethyl adjacent to an activating group) is 1. The van der Waals surface area contributed by atoms with E-state index < -0.39 is 108 Å². The van der Waals surface area contributed by atoms with Crippen LogP contribution in [-0.4, -0.2) is 153 Å². The summed E-state index contributed by atoms with van der Waals surface area (Å²) in [6.07, 6.45) is -9.71. The second kappa shape index (κ2) is 18.1. The third-order valence-electron chi connectivity index (χ3n) is 11.8. The molecular formula is C37H69NO14. The third kappa shape index (κ3) is 9.90. The molecule has 0 bridgehead atoms. The van der Waals surface area contributed by atoms with Crippen molar-refractivity contribution in [3.05, 3.63) is 0 Å². The first-order chi connectivity index (χ1) is 23.4. The molecule has 3 rings (SSSR count). The third-order valence-corrected chi connectivity index (χ3v) is 11.8. The first-order valence-electron chi connectivity index (χ1n) is 18.5. The molecule has 15 nitrogen and oxygen atoms in total. The van der Waals surface area contributed by atoms with Crippen LogP contribution < -0.4 is 0 Å². The highest BCUT2D eigenvalue weighted by Crippen LogP contribution is 2.40. The summed E-state index contributed by atoms with van der Waals surface area (Å²) in [5.74, 6) is -4.98. The monoisotopic (exact) mass is 751 g/mol. The van der Waals surface area contributed by atoms with E-state index >= 15 is 0 Å². The van der Waals surface area contributed by atoms with Crippen molar-refractivity contribution < 1.29 is 69.0 Å². The number of hydrogen-bond donors (Lipinski definition) is 5. The SMILES string of the molecule is CCC1OC(=O)C(C)C(OC2CC(C)(OC)C(O)C(C)O2)C(C)C(OC2OC(C)CC(N(C)C)C2O)C(C)(O)CC(C)C(=O)C(C)C(O)C1(C)O.O. The number of methoxy groups -OCH3 is 1. The summed E-state index contributed by atoms with van der Waals surface area (Å²) in [6.45, 7) is 16.3. The van der Waals surface area contributed by atoms with Crippen molar-refractivity contribution in [1.29, 1.82) is 0 Å². The fourth-order valence-corrected chi connectivity index (χ4v) is 8.41. The zero-order valence-corrected chi connectivity index (χ0v) is 33.4. The molecule has 7 N–H and O–H groups in total. The van der Waals surface area contributed by atoms with Gasteiger partial charge < -0.3 is 64.3 Å². The molecule has 0 saturated carbocycles. The fourth-order valence-electron chi connectivity index (χ4n) is 8.41. The van der Waals surface area contributed by atoms with E-state index in [1.165, 1.54) is 27.9 Å². The molecule has 3 heterocycles. The Labute approximate surface area is 309 Å². The van der Waals surface area contributed by atoms with Crippen LogP contribution in [0.4, 0.5) is 0 Å². The normalized spacial score (nSPS) is 48.8. The van der Waals surface area contributed by atoms with E-state index in [4.69, 9.17) is 28.4 Å². The lowest BCUT2D eigenvalue weighted by molar-refractivity contribution is -0.318. The van der Waals surface area contributed by atoms with Crippen LogP contribution in [0.2, 0.25) is 0 Å². The summed E-state index contributed by atoms with van der Waals surface area (Å²) >= 11 is 0. The highest BCUT2D eigenvalue weighted by atomic mass is 16.7. The molecule has 0 aromatic carbocycles. The van der Waals surface area contributed by atoms with Gasteiger partial charge in [-0.15, -0.1) is 0 Å². The number of esters is 1. The Kier molecular flexibility index (Phi) is 16.3. The van der Waals surface area contributed by atoms with Crippen LogP contribution in [0.15, 0.2) is 0 Å². The number of aliphatic hydroxyl groups excluding tert-OH is 3. The fraction of sp³-hybridized carbons (Fsp3) is 0.946. The zero-order valence-electron chi connectivity index (χ0n) is 33.4. The molecule has 306 valence electrons. The van der Waals surface area contributed by atoms with Crippen molar-refractivity contribution in [2.45, 2.75) is 179 Å². The van der Waals surface area contributed by atoms with Gasteiger partial charge in [0.05, 0.1) is 47.6 Å². The molecule has 0 radical (unpaired) electrons. The maximum absolute atomic E-state index is 14.1. The number of aliphatic hydroxyl groups is 5. The molecule has 15 heteroatoms.